The third kappa shape index (κ3) is 3.31. The minimum atomic E-state index is -0.803. The number of hydrogen-bond donors (Lipinski definition) is 1. The molecule has 1 aliphatic carbocycles. The van der Waals surface area contributed by atoms with Gasteiger partial charge in [-0.15, -0.1) is 11.3 Å². The lowest BCUT2D eigenvalue weighted by Gasteiger charge is -2.22. The van der Waals surface area contributed by atoms with E-state index in [9.17, 15) is 14.9 Å². The zero-order chi connectivity index (χ0) is 18.4. The molecule has 0 aromatic carbocycles. The molecule has 8 heteroatoms. The van der Waals surface area contributed by atoms with E-state index in [0.29, 0.717) is 15.4 Å². The molecule has 3 rings (SSSR count). The smallest absolute Gasteiger partial charge is 0.262 e. The van der Waals surface area contributed by atoms with Crippen LogP contribution in [0.15, 0.2) is 9.95 Å². The van der Waals surface area contributed by atoms with Gasteiger partial charge in [-0.05, 0) is 45.1 Å². The van der Waals surface area contributed by atoms with Gasteiger partial charge in [-0.25, -0.2) is 4.98 Å². The number of rotatable bonds is 5. The molecule has 0 radical (unpaired) electrons. The predicted octanol–water partition coefficient (Wildman–Crippen LogP) is 2.51. The van der Waals surface area contributed by atoms with E-state index in [2.05, 4.69) is 16.4 Å². The van der Waals surface area contributed by atoms with Gasteiger partial charge in [0.2, 0.25) is 5.91 Å². The second kappa shape index (κ2) is 6.46. The van der Waals surface area contributed by atoms with Gasteiger partial charge < -0.3 is 5.32 Å². The van der Waals surface area contributed by atoms with Crippen LogP contribution in [0.1, 0.15) is 30.2 Å². The maximum absolute atomic E-state index is 12.6. The Labute approximate surface area is 154 Å². The summed E-state index contributed by atoms with van der Waals surface area (Å²) < 4.78 is 1.49. The molecule has 0 bridgehead atoms. The Balaban J connectivity index is 1.77. The molecule has 1 N–H and O–H groups in total. The fraction of sp³-hybridized carbons (Fsp3) is 0.529. The van der Waals surface area contributed by atoms with Crippen molar-refractivity contribution in [1.29, 1.82) is 5.26 Å². The lowest BCUT2D eigenvalue weighted by Crippen LogP contribution is -2.47. The van der Waals surface area contributed by atoms with E-state index in [1.54, 1.807) is 14.0 Å². The Bertz CT molecular complexity index is 952. The van der Waals surface area contributed by atoms with Crippen molar-refractivity contribution in [3.63, 3.8) is 0 Å². The second-order valence-electron chi connectivity index (χ2n) is 6.65. The van der Waals surface area contributed by atoms with Gasteiger partial charge in [0, 0.05) is 11.9 Å². The van der Waals surface area contributed by atoms with E-state index in [1.807, 2.05) is 13.8 Å². The molecule has 0 aliphatic heterocycles. The molecule has 1 atom stereocenters. The molecule has 1 amide bonds. The van der Waals surface area contributed by atoms with Gasteiger partial charge in [0.1, 0.15) is 10.4 Å². The number of thioether (sulfide) groups is 1. The van der Waals surface area contributed by atoms with E-state index < -0.39 is 5.54 Å². The van der Waals surface area contributed by atoms with E-state index in [4.69, 9.17) is 0 Å². The summed E-state index contributed by atoms with van der Waals surface area (Å²) in [4.78, 5) is 31.2. The average molecular weight is 377 g/mol. The highest BCUT2D eigenvalue weighted by Gasteiger charge is 2.42. The van der Waals surface area contributed by atoms with Crippen LogP contribution in [0.2, 0.25) is 0 Å². The zero-order valence-electron chi connectivity index (χ0n) is 14.7. The fourth-order valence-electron chi connectivity index (χ4n) is 2.82. The van der Waals surface area contributed by atoms with Crippen LogP contribution in [0.3, 0.4) is 0 Å². The molecular weight excluding hydrogens is 356 g/mol. The van der Waals surface area contributed by atoms with Gasteiger partial charge in [0.05, 0.1) is 17.2 Å². The van der Waals surface area contributed by atoms with Crippen LogP contribution >= 0.6 is 23.1 Å². The Hall–Kier alpha value is -1.85. The first-order valence-electron chi connectivity index (χ1n) is 8.08. The van der Waals surface area contributed by atoms with E-state index in [-0.39, 0.29) is 23.1 Å². The van der Waals surface area contributed by atoms with Crippen LogP contribution in [-0.4, -0.2) is 26.8 Å². The Morgan fingerprint density at radius 2 is 2.20 bits per heavy atom. The molecule has 132 valence electrons. The topological polar surface area (TPSA) is 87.8 Å². The number of carbonyl (C=O) groups is 1. The monoisotopic (exact) mass is 376 g/mol. The van der Waals surface area contributed by atoms with Gasteiger partial charge >= 0.3 is 0 Å². The Morgan fingerprint density at radius 3 is 2.80 bits per heavy atom. The van der Waals surface area contributed by atoms with Crippen molar-refractivity contribution in [1.82, 2.24) is 14.9 Å². The van der Waals surface area contributed by atoms with Crippen molar-refractivity contribution >= 4 is 39.2 Å². The number of fused-ring (bicyclic) bond motifs is 1. The second-order valence-corrected chi connectivity index (χ2v) is 8.79. The fourth-order valence-corrected chi connectivity index (χ4v) is 4.67. The number of nitrogens with zero attached hydrogens (tertiary/aromatic N) is 3. The van der Waals surface area contributed by atoms with Crippen LogP contribution < -0.4 is 10.9 Å². The van der Waals surface area contributed by atoms with Gasteiger partial charge in [-0.2, -0.15) is 5.26 Å². The van der Waals surface area contributed by atoms with Crippen LogP contribution in [0, 0.1) is 31.1 Å². The number of aryl methyl sites for hydroxylation is 2. The highest BCUT2D eigenvalue weighted by atomic mass is 32.2. The molecule has 1 aliphatic rings. The summed E-state index contributed by atoms with van der Waals surface area (Å²) in [6.07, 6.45) is 1.95. The molecular formula is C17H20N4O2S2. The van der Waals surface area contributed by atoms with Crippen molar-refractivity contribution < 1.29 is 4.79 Å². The maximum Gasteiger partial charge on any atom is 0.262 e. The summed E-state index contributed by atoms with van der Waals surface area (Å²) >= 11 is 2.71. The normalized spacial score (nSPS) is 16.4. The molecule has 2 aromatic rings. The SMILES string of the molecule is Cc1sc2nc(SCC(=O)NC(C)(C#N)C3CC3)n(C)c(=O)c2c1C. The number of nitriles is 1. The number of thiophene rings is 1. The first kappa shape index (κ1) is 18.0. The molecule has 2 heterocycles. The molecule has 1 fully saturated rings. The highest BCUT2D eigenvalue weighted by molar-refractivity contribution is 7.99. The van der Waals surface area contributed by atoms with Gasteiger partial charge in [0.25, 0.3) is 5.56 Å². The highest BCUT2D eigenvalue weighted by Crippen LogP contribution is 2.39. The van der Waals surface area contributed by atoms with Crippen molar-refractivity contribution in [2.45, 2.75) is 44.3 Å². The predicted molar refractivity (Wildman–Crippen MR) is 99.9 cm³/mol. The molecule has 2 aromatic heterocycles. The van der Waals surface area contributed by atoms with Crippen LogP contribution in [0.25, 0.3) is 10.2 Å². The van der Waals surface area contributed by atoms with E-state index >= 15 is 0 Å². The Morgan fingerprint density at radius 1 is 1.52 bits per heavy atom. The minimum absolute atomic E-state index is 0.0883. The third-order valence-electron chi connectivity index (χ3n) is 4.73. The van der Waals surface area contributed by atoms with E-state index in [0.717, 1.165) is 23.3 Å². The summed E-state index contributed by atoms with van der Waals surface area (Å²) in [6, 6.07) is 2.21. The summed E-state index contributed by atoms with van der Waals surface area (Å²) in [5.41, 5.74) is 0.0781. The number of aromatic nitrogens is 2. The summed E-state index contributed by atoms with van der Waals surface area (Å²) in [6.45, 7) is 5.67. The minimum Gasteiger partial charge on any atom is -0.337 e. The zero-order valence-corrected chi connectivity index (χ0v) is 16.3. The van der Waals surface area contributed by atoms with Crippen molar-refractivity contribution in [3.05, 3.63) is 20.8 Å². The van der Waals surface area contributed by atoms with Crippen LogP contribution in [0.5, 0.6) is 0 Å². The van der Waals surface area contributed by atoms with Gasteiger partial charge in [-0.1, -0.05) is 11.8 Å². The quantitative estimate of drug-likeness (QED) is 0.640. The van der Waals surface area contributed by atoms with Crippen molar-refractivity contribution in [2.75, 3.05) is 5.75 Å². The summed E-state index contributed by atoms with van der Waals surface area (Å²) in [5.74, 6) is 0.148. The molecule has 1 unspecified atom stereocenters. The maximum atomic E-state index is 12.6. The standard InChI is InChI=1S/C17H20N4O2S2/c1-9-10(2)25-14-13(9)15(23)21(4)16(19-14)24-7-12(22)20-17(3,8-18)11-5-6-11/h11H,5-7H2,1-4H3,(H,20,22). The van der Waals surface area contributed by atoms with Crippen LogP contribution in [0.4, 0.5) is 0 Å². The van der Waals surface area contributed by atoms with Crippen molar-refractivity contribution in [3.8, 4) is 6.07 Å². The molecule has 25 heavy (non-hydrogen) atoms. The largest absolute Gasteiger partial charge is 0.337 e. The van der Waals surface area contributed by atoms with Gasteiger partial charge in [0.15, 0.2) is 5.16 Å². The molecule has 0 saturated heterocycles. The lowest BCUT2D eigenvalue weighted by atomic mass is 9.98. The number of nitrogens with one attached hydrogen (secondary N) is 1. The number of carbonyl (C=O) groups excluding carboxylic acids is 1. The van der Waals surface area contributed by atoms with Crippen molar-refractivity contribution in [2.24, 2.45) is 13.0 Å². The molecule has 1 saturated carbocycles. The average Bonchev–Trinajstić information content (AvgIpc) is 3.38. The molecule has 0 spiro atoms. The Kier molecular flexibility index (Phi) is 4.64. The molecule has 6 nitrogen and oxygen atoms in total. The lowest BCUT2D eigenvalue weighted by molar-refractivity contribution is -0.119. The number of amides is 1. The number of hydrogen-bond acceptors (Lipinski definition) is 6. The van der Waals surface area contributed by atoms with Crippen LogP contribution in [-0.2, 0) is 11.8 Å². The third-order valence-corrected chi connectivity index (χ3v) is 6.86. The van der Waals surface area contributed by atoms with E-state index in [1.165, 1.54) is 27.7 Å². The summed E-state index contributed by atoms with van der Waals surface area (Å²) in [7, 11) is 1.67. The summed E-state index contributed by atoms with van der Waals surface area (Å²) in [5, 5.41) is 13.3. The first-order valence-corrected chi connectivity index (χ1v) is 9.89. The van der Waals surface area contributed by atoms with Gasteiger partial charge in [-0.3, -0.25) is 14.2 Å². The first-order chi connectivity index (χ1) is 11.8.